The van der Waals surface area contributed by atoms with Gasteiger partial charge in [-0.3, -0.25) is 9.59 Å². The van der Waals surface area contributed by atoms with Gasteiger partial charge in [-0.1, -0.05) is 6.07 Å². The molecule has 0 atom stereocenters. The summed E-state index contributed by atoms with van der Waals surface area (Å²) in [7, 11) is 3.10. The van der Waals surface area contributed by atoms with Crippen molar-refractivity contribution in [3.63, 3.8) is 0 Å². The number of anilines is 1. The fourth-order valence-corrected chi connectivity index (χ4v) is 1.71. The number of nitrogen functional groups attached to an aromatic ring is 1. The molecular weight excluding hydrogens is 260 g/mol. The molecule has 20 heavy (non-hydrogen) atoms. The van der Waals surface area contributed by atoms with Crippen LogP contribution >= 0.6 is 0 Å². The highest BCUT2D eigenvalue weighted by atomic mass is 16.5. The molecule has 6 heteroatoms. The lowest BCUT2D eigenvalue weighted by atomic mass is 10.1. The zero-order valence-electron chi connectivity index (χ0n) is 12.0. The normalized spacial score (nSPS) is 9.95. The van der Waals surface area contributed by atoms with Gasteiger partial charge in [-0.15, -0.1) is 0 Å². The Balaban J connectivity index is 2.72. The van der Waals surface area contributed by atoms with Gasteiger partial charge in [0, 0.05) is 13.6 Å². The summed E-state index contributed by atoms with van der Waals surface area (Å²) < 4.78 is 9.89. The first-order valence-corrected chi connectivity index (χ1v) is 6.34. The van der Waals surface area contributed by atoms with Crippen LogP contribution in [0.5, 0.6) is 5.75 Å². The van der Waals surface area contributed by atoms with Gasteiger partial charge in [-0.05, 0) is 19.1 Å². The van der Waals surface area contributed by atoms with Crippen LogP contribution in [0.25, 0.3) is 0 Å². The van der Waals surface area contributed by atoms with Gasteiger partial charge in [0.1, 0.15) is 5.75 Å². The Hall–Kier alpha value is -2.24. The zero-order valence-corrected chi connectivity index (χ0v) is 12.0. The molecule has 0 aliphatic carbocycles. The fraction of sp³-hybridized carbons (Fsp3) is 0.429. The molecule has 0 aromatic heterocycles. The van der Waals surface area contributed by atoms with E-state index in [1.807, 2.05) is 0 Å². The lowest BCUT2D eigenvalue weighted by Gasteiger charge is -2.18. The molecule has 0 saturated heterocycles. The van der Waals surface area contributed by atoms with E-state index in [0.717, 1.165) is 0 Å². The minimum atomic E-state index is -0.328. The highest BCUT2D eigenvalue weighted by molar-refractivity contribution is 6.00. The number of methoxy groups -OCH3 is 1. The average molecular weight is 280 g/mol. The molecule has 2 N–H and O–H groups in total. The van der Waals surface area contributed by atoms with E-state index in [0.29, 0.717) is 23.6 Å². The number of rotatable bonds is 6. The minimum Gasteiger partial charge on any atom is -0.495 e. The zero-order chi connectivity index (χ0) is 15.1. The molecule has 110 valence electrons. The van der Waals surface area contributed by atoms with Crippen LogP contribution in [0, 0.1) is 0 Å². The highest BCUT2D eigenvalue weighted by Gasteiger charge is 2.17. The monoisotopic (exact) mass is 280 g/mol. The van der Waals surface area contributed by atoms with Crippen molar-refractivity contribution in [2.24, 2.45) is 0 Å². The maximum atomic E-state index is 12.2. The lowest BCUT2D eigenvalue weighted by molar-refractivity contribution is -0.143. The molecule has 0 fully saturated rings. The number of hydrogen-bond acceptors (Lipinski definition) is 5. The van der Waals surface area contributed by atoms with Gasteiger partial charge < -0.3 is 20.1 Å². The third-order valence-electron chi connectivity index (χ3n) is 2.82. The van der Waals surface area contributed by atoms with Crippen molar-refractivity contribution in [3.8, 4) is 5.75 Å². The Morgan fingerprint density at radius 3 is 2.65 bits per heavy atom. The first-order chi connectivity index (χ1) is 9.51. The Labute approximate surface area is 118 Å². The Morgan fingerprint density at radius 1 is 1.35 bits per heavy atom. The molecule has 0 spiro atoms. The van der Waals surface area contributed by atoms with Crippen LogP contribution in [-0.4, -0.2) is 44.1 Å². The van der Waals surface area contributed by atoms with E-state index in [1.165, 1.54) is 12.0 Å². The number of esters is 1. The van der Waals surface area contributed by atoms with Gasteiger partial charge in [-0.2, -0.15) is 0 Å². The van der Waals surface area contributed by atoms with Crippen LogP contribution in [0.3, 0.4) is 0 Å². The number of amides is 1. The molecule has 0 aliphatic rings. The standard InChI is InChI=1S/C14H20N2O4/c1-4-20-12(17)8-9-16(2)14(18)10-6-5-7-11(19-3)13(10)15/h5-7H,4,8-9,15H2,1-3H3. The number of nitrogens with two attached hydrogens (primary N) is 1. The van der Waals surface area contributed by atoms with Gasteiger partial charge in [0.25, 0.3) is 5.91 Å². The quantitative estimate of drug-likeness (QED) is 0.627. The highest BCUT2D eigenvalue weighted by Crippen LogP contribution is 2.25. The second kappa shape index (κ2) is 7.37. The summed E-state index contributed by atoms with van der Waals surface area (Å²) in [4.78, 5) is 24.9. The molecule has 0 bridgehead atoms. The van der Waals surface area contributed by atoms with Gasteiger partial charge >= 0.3 is 5.97 Å². The average Bonchev–Trinajstić information content (AvgIpc) is 2.44. The number of carbonyl (C=O) groups excluding carboxylic acids is 2. The predicted molar refractivity (Wildman–Crippen MR) is 75.6 cm³/mol. The van der Waals surface area contributed by atoms with Gasteiger partial charge in [0.15, 0.2) is 0 Å². The number of para-hydroxylation sites is 1. The second-order valence-corrected chi connectivity index (χ2v) is 4.20. The Kier molecular flexibility index (Phi) is 5.83. The molecule has 0 aliphatic heterocycles. The Morgan fingerprint density at radius 2 is 2.05 bits per heavy atom. The van der Waals surface area contributed by atoms with Crippen molar-refractivity contribution >= 4 is 17.6 Å². The van der Waals surface area contributed by atoms with Crippen LogP contribution in [-0.2, 0) is 9.53 Å². The van der Waals surface area contributed by atoms with Crippen LogP contribution < -0.4 is 10.5 Å². The van der Waals surface area contributed by atoms with Gasteiger partial charge in [0.2, 0.25) is 0 Å². The SMILES string of the molecule is CCOC(=O)CCN(C)C(=O)c1cccc(OC)c1N. The topological polar surface area (TPSA) is 81.9 Å². The molecule has 1 aromatic rings. The van der Waals surface area contributed by atoms with E-state index in [4.69, 9.17) is 15.2 Å². The summed E-state index contributed by atoms with van der Waals surface area (Å²) in [6.07, 6.45) is 0.153. The van der Waals surface area contributed by atoms with Crippen molar-refractivity contribution in [2.45, 2.75) is 13.3 Å². The number of ether oxygens (including phenoxy) is 2. The van der Waals surface area contributed by atoms with Crippen LogP contribution in [0.2, 0.25) is 0 Å². The van der Waals surface area contributed by atoms with E-state index in [1.54, 1.807) is 32.2 Å². The summed E-state index contributed by atoms with van der Waals surface area (Å²) in [5, 5.41) is 0. The largest absolute Gasteiger partial charge is 0.495 e. The number of nitrogens with zero attached hydrogens (tertiary/aromatic N) is 1. The molecule has 1 rings (SSSR count). The molecule has 0 unspecified atom stereocenters. The molecule has 6 nitrogen and oxygen atoms in total. The first kappa shape index (κ1) is 15.8. The summed E-state index contributed by atoms with van der Waals surface area (Å²) in [5.74, 6) is -0.133. The van der Waals surface area contributed by atoms with Crippen molar-refractivity contribution in [3.05, 3.63) is 23.8 Å². The van der Waals surface area contributed by atoms with Crippen molar-refractivity contribution in [1.29, 1.82) is 0 Å². The third kappa shape index (κ3) is 3.88. The van der Waals surface area contributed by atoms with Crippen molar-refractivity contribution in [1.82, 2.24) is 4.90 Å². The lowest BCUT2D eigenvalue weighted by Crippen LogP contribution is -2.30. The second-order valence-electron chi connectivity index (χ2n) is 4.20. The Bertz CT molecular complexity index is 488. The summed E-state index contributed by atoms with van der Waals surface area (Å²) in [6, 6.07) is 5.01. The molecule has 0 radical (unpaired) electrons. The van der Waals surface area contributed by atoms with E-state index < -0.39 is 0 Å². The maximum Gasteiger partial charge on any atom is 0.307 e. The molecule has 0 heterocycles. The van der Waals surface area contributed by atoms with E-state index in [-0.39, 0.29) is 24.8 Å². The van der Waals surface area contributed by atoms with E-state index >= 15 is 0 Å². The molecular formula is C14H20N2O4. The molecule has 1 amide bonds. The van der Waals surface area contributed by atoms with Crippen LogP contribution in [0.15, 0.2) is 18.2 Å². The molecule has 0 saturated carbocycles. The fourth-order valence-electron chi connectivity index (χ4n) is 1.71. The van der Waals surface area contributed by atoms with Gasteiger partial charge in [-0.25, -0.2) is 0 Å². The maximum absolute atomic E-state index is 12.2. The predicted octanol–water partition coefficient (Wildman–Crippen LogP) is 1.30. The van der Waals surface area contributed by atoms with E-state index in [2.05, 4.69) is 0 Å². The smallest absolute Gasteiger partial charge is 0.307 e. The number of carbonyl (C=O) groups is 2. The van der Waals surface area contributed by atoms with Crippen LogP contribution in [0.4, 0.5) is 5.69 Å². The van der Waals surface area contributed by atoms with Gasteiger partial charge in [0.05, 0.1) is 31.4 Å². The number of hydrogen-bond donors (Lipinski definition) is 1. The number of benzene rings is 1. The minimum absolute atomic E-state index is 0.153. The summed E-state index contributed by atoms with van der Waals surface area (Å²) in [5.41, 5.74) is 6.52. The first-order valence-electron chi connectivity index (χ1n) is 6.34. The van der Waals surface area contributed by atoms with Crippen molar-refractivity contribution < 1.29 is 19.1 Å². The van der Waals surface area contributed by atoms with E-state index in [9.17, 15) is 9.59 Å². The summed E-state index contributed by atoms with van der Waals surface area (Å²) in [6.45, 7) is 2.34. The molecule has 1 aromatic carbocycles. The summed E-state index contributed by atoms with van der Waals surface area (Å²) >= 11 is 0. The van der Waals surface area contributed by atoms with Crippen LogP contribution in [0.1, 0.15) is 23.7 Å². The third-order valence-corrected chi connectivity index (χ3v) is 2.82. The van der Waals surface area contributed by atoms with Crippen molar-refractivity contribution in [2.75, 3.05) is 33.0 Å².